The van der Waals surface area contributed by atoms with E-state index < -0.39 is 22.7 Å². The number of nitro groups is 1. The summed E-state index contributed by atoms with van der Waals surface area (Å²) in [6.07, 6.45) is -1.98. The van der Waals surface area contributed by atoms with Crippen molar-refractivity contribution < 1.29 is 19.9 Å². The summed E-state index contributed by atoms with van der Waals surface area (Å²) in [5, 5.41) is 29.8. The maximum Gasteiger partial charge on any atom is 0.275 e. The Labute approximate surface area is 78.6 Å². The van der Waals surface area contributed by atoms with Gasteiger partial charge in [-0.1, -0.05) is 12.1 Å². The van der Waals surface area contributed by atoms with Crippen LogP contribution in [0, 0.1) is 10.1 Å². The van der Waals surface area contributed by atoms with Gasteiger partial charge >= 0.3 is 0 Å². The molecule has 0 aliphatic heterocycles. The molecule has 0 amide bonds. The number of aliphatic carboxylic acids is 1. The van der Waals surface area contributed by atoms with Crippen molar-refractivity contribution in [3.8, 4) is 0 Å². The highest BCUT2D eigenvalue weighted by atomic mass is 16.6. The van der Waals surface area contributed by atoms with Gasteiger partial charge < -0.3 is 15.0 Å². The molecule has 0 saturated carbocycles. The van der Waals surface area contributed by atoms with Crippen LogP contribution in [0.25, 0.3) is 0 Å². The Hall–Kier alpha value is -1.95. The first-order valence-corrected chi connectivity index (χ1v) is 3.66. The Kier molecular flexibility index (Phi) is 2.78. The number of aliphatic hydroxyl groups excluding tert-OH is 1. The number of carbonyl (C=O) groups is 1. The van der Waals surface area contributed by atoms with Crippen LogP contribution in [0.2, 0.25) is 0 Å². The van der Waals surface area contributed by atoms with Gasteiger partial charge in [0, 0.05) is 6.07 Å². The second kappa shape index (κ2) is 3.84. The molecule has 0 aromatic heterocycles. The molecule has 1 rings (SSSR count). The summed E-state index contributed by atoms with van der Waals surface area (Å²) in [6, 6.07) is 5.05. The summed E-state index contributed by atoms with van der Waals surface area (Å²) in [4.78, 5) is 20.0. The van der Waals surface area contributed by atoms with Crippen molar-refractivity contribution in [2.75, 3.05) is 0 Å². The van der Waals surface area contributed by atoms with Crippen LogP contribution in [0.5, 0.6) is 0 Å². The van der Waals surface area contributed by atoms with Crippen LogP contribution in [0.15, 0.2) is 24.3 Å². The number of nitrogens with zero attached hydrogens (tertiary/aromatic N) is 1. The average Bonchev–Trinajstić information content (AvgIpc) is 2.16. The fraction of sp³-hybridized carbons (Fsp3) is 0.125. The minimum absolute atomic E-state index is 0.280. The molecule has 0 aliphatic carbocycles. The number of carboxylic acids is 1. The standard InChI is InChI=1S/C8H7NO5/c10-7(8(11)12)5-3-1-2-4-6(5)9(13)14/h1-4,7,10H,(H,11,12)/p-1. The molecule has 74 valence electrons. The Morgan fingerprint density at radius 1 is 1.43 bits per heavy atom. The minimum Gasteiger partial charge on any atom is -0.547 e. The number of carboxylic acid groups (broad SMARTS) is 1. The normalized spacial score (nSPS) is 12.1. The van der Waals surface area contributed by atoms with Gasteiger partial charge in [0.1, 0.15) is 6.10 Å². The van der Waals surface area contributed by atoms with Crippen LogP contribution >= 0.6 is 0 Å². The number of aliphatic hydroxyl groups is 1. The predicted octanol–water partition coefficient (Wildman–Crippen LogP) is -0.622. The fourth-order valence-corrected chi connectivity index (χ4v) is 1.01. The second-order valence-electron chi connectivity index (χ2n) is 2.54. The molecular formula is C8H6NO5-. The SMILES string of the molecule is O=C([O-])C(O)c1ccccc1[N+](=O)[O-]. The molecule has 0 heterocycles. The lowest BCUT2D eigenvalue weighted by atomic mass is 10.1. The summed E-state index contributed by atoms with van der Waals surface area (Å²) in [5.74, 6) is -1.76. The van der Waals surface area contributed by atoms with E-state index in [1.54, 1.807) is 0 Å². The van der Waals surface area contributed by atoms with Crippen LogP contribution in [0.3, 0.4) is 0 Å². The van der Waals surface area contributed by atoms with Gasteiger partial charge in [-0.2, -0.15) is 0 Å². The van der Waals surface area contributed by atoms with Crippen molar-refractivity contribution in [1.29, 1.82) is 0 Å². The quantitative estimate of drug-likeness (QED) is 0.512. The first-order valence-electron chi connectivity index (χ1n) is 3.66. The van der Waals surface area contributed by atoms with Crippen molar-refractivity contribution >= 4 is 11.7 Å². The lowest BCUT2D eigenvalue weighted by Gasteiger charge is -2.11. The van der Waals surface area contributed by atoms with E-state index >= 15 is 0 Å². The molecule has 1 aromatic carbocycles. The van der Waals surface area contributed by atoms with Crippen molar-refractivity contribution in [1.82, 2.24) is 0 Å². The number of nitro benzene ring substituents is 1. The molecule has 1 unspecified atom stereocenters. The van der Waals surface area contributed by atoms with Gasteiger partial charge in [0.15, 0.2) is 0 Å². The monoisotopic (exact) mass is 196 g/mol. The fourth-order valence-electron chi connectivity index (χ4n) is 1.01. The summed E-state index contributed by atoms with van der Waals surface area (Å²) in [5.41, 5.74) is -0.721. The molecule has 6 nitrogen and oxygen atoms in total. The zero-order valence-corrected chi connectivity index (χ0v) is 6.91. The number of rotatable bonds is 3. The van der Waals surface area contributed by atoms with Crippen LogP contribution in [0.1, 0.15) is 11.7 Å². The van der Waals surface area contributed by atoms with Crippen LogP contribution in [-0.2, 0) is 4.79 Å². The highest BCUT2D eigenvalue weighted by molar-refractivity contribution is 5.73. The molecule has 1 atom stereocenters. The molecule has 6 heteroatoms. The number of carbonyl (C=O) groups excluding carboxylic acids is 1. The Balaban J connectivity index is 3.19. The second-order valence-corrected chi connectivity index (χ2v) is 2.54. The van der Waals surface area contributed by atoms with Crippen molar-refractivity contribution in [3.05, 3.63) is 39.9 Å². The average molecular weight is 196 g/mol. The van der Waals surface area contributed by atoms with E-state index in [4.69, 9.17) is 5.11 Å². The highest BCUT2D eigenvalue weighted by Crippen LogP contribution is 2.23. The third kappa shape index (κ3) is 1.86. The van der Waals surface area contributed by atoms with Gasteiger partial charge in [-0.25, -0.2) is 0 Å². The molecule has 0 bridgehead atoms. The zero-order valence-electron chi connectivity index (χ0n) is 6.91. The van der Waals surface area contributed by atoms with Crippen molar-refractivity contribution in [3.63, 3.8) is 0 Å². The van der Waals surface area contributed by atoms with Crippen LogP contribution < -0.4 is 5.11 Å². The number of benzene rings is 1. The van der Waals surface area contributed by atoms with Crippen LogP contribution in [-0.4, -0.2) is 16.0 Å². The van der Waals surface area contributed by atoms with E-state index in [0.29, 0.717) is 0 Å². The largest absolute Gasteiger partial charge is 0.547 e. The van der Waals surface area contributed by atoms with E-state index in [9.17, 15) is 20.0 Å². The number of hydrogen-bond acceptors (Lipinski definition) is 5. The third-order valence-corrected chi connectivity index (χ3v) is 1.65. The molecular weight excluding hydrogens is 190 g/mol. The molecule has 0 spiro atoms. The molecule has 0 radical (unpaired) electrons. The van der Waals surface area contributed by atoms with E-state index in [0.717, 1.165) is 6.07 Å². The topological polar surface area (TPSA) is 104 Å². The lowest BCUT2D eigenvalue weighted by molar-refractivity contribution is -0.386. The Morgan fingerprint density at radius 3 is 2.50 bits per heavy atom. The van der Waals surface area contributed by atoms with E-state index in [1.807, 2.05) is 0 Å². The molecule has 1 aromatic rings. The summed E-state index contributed by atoms with van der Waals surface area (Å²) in [7, 11) is 0. The Bertz CT molecular complexity index is 376. The molecule has 0 aliphatic rings. The molecule has 0 fully saturated rings. The van der Waals surface area contributed by atoms with Gasteiger partial charge in [0.05, 0.1) is 16.5 Å². The number of para-hydroxylation sites is 1. The van der Waals surface area contributed by atoms with Gasteiger partial charge in [-0.15, -0.1) is 0 Å². The first-order chi connectivity index (χ1) is 6.54. The van der Waals surface area contributed by atoms with E-state index in [1.165, 1.54) is 18.2 Å². The predicted molar refractivity (Wildman–Crippen MR) is 43.1 cm³/mol. The van der Waals surface area contributed by atoms with Gasteiger partial charge in [0.25, 0.3) is 5.69 Å². The maximum absolute atomic E-state index is 10.4. The highest BCUT2D eigenvalue weighted by Gasteiger charge is 2.19. The van der Waals surface area contributed by atoms with Crippen LogP contribution in [0.4, 0.5) is 5.69 Å². The molecule has 14 heavy (non-hydrogen) atoms. The summed E-state index contributed by atoms with van der Waals surface area (Å²) >= 11 is 0. The zero-order chi connectivity index (χ0) is 10.7. The van der Waals surface area contributed by atoms with Gasteiger partial charge in [-0.3, -0.25) is 10.1 Å². The molecule has 0 saturated heterocycles. The summed E-state index contributed by atoms with van der Waals surface area (Å²) < 4.78 is 0. The van der Waals surface area contributed by atoms with E-state index in [2.05, 4.69) is 0 Å². The van der Waals surface area contributed by atoms with Gasteiger partial charge in [0.2, 0.25) is 0 Å². The van der Waals surface area contributed by atoms with Gasteiger partial charge in [-0.05, 0) is 6.07 Å². The van der Waals surface area contributed by atoms with Crippen molar-refractivity contribution in [2.24, 2.45) is 0 Å². The van der Waals surface area contributed by atoms with E-state index in [-0.39, 0.29) is 5.56 Å². The first kappa shape index (κ1) is 10.1. The summed E-state index contributed by atoms with van der Waals surface area (Å²) in [6.45, 7) is 0. The smallest absolute Gasteiger partial charge is 0.275 e. The lowest BCUT2D eigenvalue weighted by Crippen LogP contribution is -2.29. The Morgan fingerprint density at radius 2 is 2.00 bits per heavy atom. The maximum atomic E-state index is 10.4. The molecule has 1 N–H and O–H groups in total. The van der Waals surface area contributed by atoms with Crippen molar-refractivity contribution in [2.45, 2.75) is 6.10 Å². The third-order valence-electron chi connectivity index (χ3n) is 1.65. The number of hydrogen-bond donors (Lipinski definition) is 1. The minimum atomic E-state index is -1.98.